The van der Waals surface area contributed by atoms with E-state index in [1.54, 1.807) is 48.8 Å². The van der Waals surface area contributed by atoms with Gasteiger partial charge in [0.05, 0.1) is 67.5 Å². The molecule has 4 saturated heterocycles. The maximum atomic E-state index is 14.5. The minimum absolute atomic E-state index is 0.137. The van der Waals surface area contributed by atoms with Gasteiger partial charge in [-0.2, -0.15) is 0 Å². The molecule has 0 saturated carbocycles. The molecule has 4 aliphatic heterocycles. The van der Waals surface area contributed by atoms with Gasteiger partial charge in [-0.25, -0.2) is 0 Å². The average Bonchev–Trinajstić information content (AvgIpc) is 3.15. The summed E-state index contributed by atoms with van der Waals surface area (Å²) in [7, 11) is 4.88. The number of aliphatic hydroxyl groups is 4. The molecule has 16 heteroatoms. The summed E-state index contributed by atoms with van der Waals surface area (Å²) < 4.78 is 55.5. The molecule has 4 fully saturated rings. The predicted molar refractivity (Wildman–Crippen MR) is 209 cm³/mol. The van der Waals surface area contributed by atoms with E-state index in [2.05, 4.69) is 10.6 Å². The van der Waals surface area contributed by atoms with E-state index in [1.807, 2.05) is 34.6 Å². The van der Waals surface area contributed by atoms with Crippen molar-refractivity contribution >= 4 is 5.97 Å². The third kappa shape index (κ3) is 11.1. The summed E-state index contributed by atoms with van der Waals surface area (Å²) in [6, 6.07) is -0.644. The van der Waals surface area contributed by atoms with Gasteiger partial charge >= 0.3 is 5.97 Å². The second-order valence-electron chi connectivity index (χ2n) is 17.9. The van der Waals surface area contributed by atoms with Gasteiger partial charge in [0.1, 0.15) is 30.1 Å². The second-order valence-corrected chi connectivity index (χ2v) is 17.9. The Morgan fingerprint density at radius 2 is 1.61 bits per heavy atom. The number of hydrogen-bond acceptors (Lipinski definition) is 16. The number of esters is 1. The molecule has 0 radical (unpaired) electrons. The first kappa shape index (κ1) is 48.6. The molecule has 0 aromatic carbocycles. The Balaban J connectivity index is 1.82. The number of nitrogens with one attached hydrogen (secondary N) is 2. The number of likely N-dealkylation sites (N-methyl/N-ethyl adjacent to an activating group) is 1. The minimum Gasteiger partial charge on any atom is -0.459 e. The number of ether oxygens (including phenoxy) is 9. The Bertz CT molecular complexity index is 1260. The highest BCUT2D eigenvalue weighted by Crippen LogP contribution is 2.42. The van der Waals surface area contributed by atoms with Crippen LogP contribution < -0.4 is 10.6 Å². The zero-order valence-electron chi connectivity index (χ0n) is 36.6. The van der Waals surface area contributed by atoms with Crippen molar-refractivity contribution in [2.45, 2.75) is 191 Å². The van der Waals surface area contributed by atoms with Crippen LogP contribution in [0.1, 0.15) is 94.9 Å². The van der Waals surface area contributed by atoms with Gasteiger partial charge in [0.25, 0.3) is 0 Å². The van der Waals surface area contributed by atoms with Gasteiger partial charge in [-0.1, -0.05) is 27.7 Å². The molecule has 20 atom stereocenters. The Morgan fingerprint density at radius 3 is 2.23 bits per heavy atom. The van der Waals surface area contributed by atoms with Crippen molar-refractivity contribution in [3.05, 3.63) is 0 Å². The fourth-order valence-corrected chi connectivity index (χ4v) is 9.82. The maximum Gasteiger partial charge on any atom is 0.311 e. The van der Waals surface area contributed by atoms with Crippen molar-refractivity contribution in [3.8, 4) is 0 Å². The number of hydrogen-bond donors (Lipinski definition) is 6. The molecule has 6 N–H and O–H groups in total. The predicted octanol–water partition coefficient (Wildman–Crippen LogP) is 1.86. The number of rotatable bonds is 12. The SMILES string of the molecule is CCC1OC(=O)[C@H](C)C(O[C@H]2C[C@@](C)(OC)[C@@H](O)[C@H](C)O2)[C@H](C)[C@@H](O[C@@H]2O[C@H](C)C[C@H](NC)[C@H]2O)[C@](C)(O)C[C@@H](C)[C@@H]2N[C@@H](COCCOC)O[C@H]([C@H]2C)[C@]1(C)O. The molecule has 0 spiro atoms. The van der Waals surface area contributed by atoms with Gasteiger partial charge in [-0.15, -0.1) is 0 Å². The lowest BCUT2D eigenvalue weighted by molar-refractivity contribution is -0.316. The molecule has 0 amide bonds. The lowest BCUT2D eigenvalue weighted by Gasteiger charge is -2.52. The van der Waals surface area contributed by atoms with E-state index in [4.69, 9.17) is 42.6 Å². The molecule has 4 heterocycles. The smallest absolute Gasteiger partial charge is 0.311 e. The quantitative estimate of drug-likeness (QED) is 0.123. The maximum absolute atomic E-state index is 14.5. The number of carbonyl (C=O) groups excluding carboxylic acids is 1. The Morgan fingerprint density at radius 1 is 0.930 bits per heavy atom. The van der Waals surface area contributed by atoms with E-state index in [0.29, 0.717) is 19.6 Å². The molecule has 2 unspecified atom stereocenters. The minimum atomic E-state index is -1.64. The highest BCUT2D eigenvalue weighted by atomic mass is 16.7. The molecule has 16 nitrogen and oxygen atoms in total. The summed E-state index contributed by atoms with van der Waals surface area (Å²) in [6.45, 7) is 19.0. The van der Waals surface area contributed by atoms with Gasteiger partial charge in [-0.3, -0.25) is 10.1 Å². The molecule has 57 heavy (non-hydrogen) atoms. The Kier molecular flexibility index (Phi) is 17.2. The van der Waals surface area contributed by atoms with Crippen LogP contribution in [0.2, 0.25) is 0 Å². The zero-order chi connectivity index (χ0) is 42.6. The van der Waals surface area contributed by atoms with E-state index in [1.165, 1.54) is 7.11 Å². The first-order valence-corrected chi connectivity index (χ1v) is 21.0. The van der Waals surface area contributed by atoms with E-state index < -0.39 is 96.1 Å². The standard InChI is InChI=1S/C41H76N2O14/c1-14-28-41(10,48)36-23(4)31(43-29(55-36)20-51-16-15-49-12)21(2)18-39(8,47)35(57-38-32(44)27(42-11)17-22(3)52-38)24(5)33(25(6)37(46)54-28)56-30-19-40(9,50-13)34(45)26(7)53-30/h21-36,38,42-45,47-48H,14-20H2,1-13H3/t21-,22-,23+,24+,25-,26+,27+,28?,29-,30+,31+,32-,33?,34+,35-,36-,38+,39-,40-,41-/m1/s1. The summed E-state index contributed by atoms with van der Waals surface area (Å²) in [5.41, 5.74) is -4.27. The fraction of sp³-hybridized carbons (Fsp3) is 0.976. The Hall–Kier alpha value is -1.09. The van der Waals surface area contributed by atoms with E-state index in [0.717, 1.165) is 0 Å². The molecular formula is C41H76N2O14. The molecule has 4 rings (SSSR count). The summed E-state index contributed by atoms with van der Waals surface area (Å²) >= 11 is 0. The van der Waals surface area contributed by atoms with Crippen LogP contribution in [0, 0.1) is 23.7 Å². The van der Waals surface area contributed by atoms with Gasteiger partial charge in [0.15, 0.2) is 12.6 Å². The van der Waals surface area contributed by atoms with Gasteiger partial charge < -0.3 is 68.4 Å². The lowest BCUT2D eigenvalue weighted by Crippen LogP contribution is -2.67. The zero-order valence-corrected chi connectivity index (χ0v) is 36.6. The number of aliphatic hydroxyl groups excluding tert-OH is 2. The van der Waals surface area contributed by atoms with E-state index >= 15 is 0 Å². The van der Waals surface area contributed by atoms with Crippen LogP contribution in [-0.4, -0.2) is 164 Å². The van der Waals surface area contributed by atoms with Crippen molar-refractivity contribution in [1.82, 2.24) is 10.6 Å². The molecule has 4 aliphatic rings. The molecule has 2 bridgehead atoms. The van der Waals surface area contributed by atoms with Gasteiger partial charge in [0.2, 0.25) is 0 Å². The normalized spacial score (nSPS) is 49.2. The first-order chi connectivity index (χ1) is 26.6. The highest BCUT2D eigenvalue weighted by Gasteiger charge is 2.55. The number of fused-ring (bicyclic) bond motifs is 2. The lowest BCUT2D eigenvalue weighted by atomic mass is 9.71. The summed E-state index contributed by atoms with van der Waals surface area (Å²) in [5, 5.41) is 54.4. The molecule has 334 valence electrons. The molecular weight excluding hydrogens is 744 g/mol. The monoisotopic (exact) mass is 821 g/mol. The van der Waals surface area contributed by atoms with Crippen LogP contribution in [0.4, 0.5) is 0 Å². The second kappa shape index (κ2) is 20.2. The summed E-state index contributed by atoms with van der Waals surface area (Å²) in [6.07, 6.45) is -8.34. The third-order valence-corrected chi connectivity index (χ3v) is 13.2. The van der Waals surface area contributed by atoms with Crippen molar-refractivity contribution < 1.29 is 67.9 Å². The molecule has 0 aromatic heterocycles. The van der Waals surface area contributed by atoms with Crippen molar-refractivity contribution in [2.75, 3.05) is 41.1 Å². The van der Waals surface area contributed by atoms with E-state index in [-0.39, 0.29) is 55.9 Å². The van der Waals surface area contributed by atoms with Crippen LogP contribution in [0.5, 0.6) is 0 Å². The fourth-order valence-electron chi connectivity index (χ4n) is 9.82. The Labute approximate surface area is 340 Å². The van der Waals surface area contributed by atoms with Crippen LogP contribution in [-0.2, 0) is 47.4 Å². The number of cyclic esters (lactones) is 1. The summed E-state index contributed by atoms with van der Waals surface area (Å²) in [4.78, 5) is 14.5. The van der Waals surface area contributed by atoms with Crippen LogP contribution in [0.3, 0.4) is 0 Å². The third-order valence-electron chi connectivity index (χ3n) is 13.2. The average molecular weight is 821 g/mol. The van der Waals surface area contributed by atoms with Crippen LogP contribution in [0.15, 0.2) is 0 Å². The van der Waals surface area contributed by atoms with Gasteiger partial charge in [-0.05, 0) is 73.8 Å². The van der Waals surface area contributed by atoms with Crippen LogP contribution >= 0.6 is 0 Å². The highest BCUT2D eigenvalue weighted by molar-refractivity contribution is 5.73. The van der Waals surface area contributed by atoms with Crippen molar-refractivity contribution in [2.24, 2.45) is 23.7 Å². The largest absolute Gasteiger partial charge is 0.459 e. The van der Waals surface area contributed by atoms with Gasteiger partial charge in [0, 0.05) is 44.6 Å². The first-order valence-electron chi connectivity index (χ1n) is 21.0. The number of carbonyl (C=O) groups is 1. The summed E-state index contributed by atoms with van der Waals surface area (Å²) in [5.74, 6) is -2.95. The topological polar surface area (TPSA) is 205 Å². The number of methoxy groups -OCH3 is 2. The molecule has 0 aromatic rings. The van der Waals surface area contributed by atoms with E-state index in [9.17, 15) is 25.2 Å². The molecule has 0 aliphatic carbocycles. The van der Waals surface area contributed by atoms with Crippen LogP contribution in [0.25, 0.3) is 0 Å². The van der Waals surface area contributed by atoms with Crippen molar-refractivity contribution in [3.63, 3.8) is 0 Å². The van der Waals surface area contributed by atoms with Crippen molar-refractivity contribution in [1.29, 1.82) is 0 Å².